The molecule has 1 atom stereocenters. The van der Waals surface area contributed by atoms with Crippen molar-refractivity contribution in [2.45, 2.75) is 31.8 Å². The molecule has 1 aromatic carbocycles. The fourth-order valence-corrected chi connectivity index (χ4v) is 2.07. The van der Waals surface area contributed by atoms with Crippen LogP contribution in [0.2, 0.25) is 0 Å². The minimum Gasteiger partial charge on any atom is -0.393 e. The van der Waals surface area contributed by atoms with E-state index >= 15 is 0 Å². The summed E-state index contributed by atoms with van der Waals surface area (Å²) in [6, 6.07) is 3.63. The highest BCUT2D eigenvalue weighted by atomic mass is 16.6. The fourth-order valence-electron chi connectivity index (χ4n) is 2.07. The Labute approximate surface area is 109 Å². The van der Waals surface area contributed by atoms with Crippen LogP contribution in [0.15, 0.2) is 18.2 Å². The minimum absolute atomic E-state index is 0.253. The van der Waals surface area contributed by atoms with Gasteiger partial charge in [-0.1, -0.05) is 0 Å². The summed E-state index contributed by atoms with van der Waals surface area (Å²) in [4.78, 5) is 20.2. The summed E-state index contributed by atoms with van der Waals surface area (Å²) in [6.07, 6.45) is 2.37. The topological polar surface area (TPSA) is 107 Å². The molecule has 1 unspecified atom stereocenters. The molecule has 0 saturated heterocycles. The molecule has 1 fully saturated rings. The van der Waals surface area contributed by atoms with Gasteiger partial charge >= 0.3 is 0 Å². The third-order valence-corrected chi connectivity index (χ3v) is 3.35. The first-order valence-corrected chi connectivity index (χ1v) is 6.09. The first-order valence-electron chi connectivity index (χ1n) is 6.09. The molecule has 102 valence electrons. The molecular weight excluding hydrogens is 252 g/mol. The maximum atomic E-state index is 10.9. The van der Waals surface area contributed by atoms with Crippen LogP contribution in [0.4, 0.5) is 11.4 Å². The Hall–Kier alpha value is -2.02. The normalized spacial score (nSPS) is 16.1. The summed E-state index contributed by atoms with van der Waals surface area (Å²) >= 11 is 0. The van der Waals surface area contributed by atoms with Crippen molar-refractivity contribution < 1.29 is 15.0 Å². The van der Waals surface area contributed by atoms with Crippen molar-refractivity contribution in [3.05, 3.63) is 44.0 Å². The van der Waals surface area contributed by atoms with Crippen molar-refractivity contribution in [2.24, 2.45) is 5.92 Å². The highest BCUT2D eigenvalue weighted by Crippen LogP contribution is 2.35. The SMILES string of the molecule is O=[N+]([O-])c1ccc(CCC(O)C2CC2)c([N+](=O)[O-])c1. The van der Waals surface area contributed by atoms with Crippen molar-refractivity contribution >= 4 is 11.4 Å². The third-order valence-electron chi connectivity index (χ3n) is 3.35. The molecule has 1 aliphatic carbocycles. The predicted molar refractivity (Wildman–Crippen MR) is 66.8 cm³/mol. The first-order chi connectivity index (χ1) is 8.99. The number of non-ortho nitro benzene ring substituents is 1. The van der Waals surface area contributed by atoms with E-state index in [2.05, 4.69) is 0 Å². The van der Waals surface area contributed by atoms with Gasteiger partial charge < -0.3 is 5.11 Å². The molecule has 0 bridgehead atoms. The average Bonchev–Trinajstić information content (AvgIpc) is 3.19. The lowest BCUT2D eigenvalue weighted by molar-refractivity contribution is -0.394. The molecule has 0 aliphatic heterocycles. The largest absolute Gasteiger partial charge is 0.393 e. The van der Waals surface area contributed by atoms with Crippen LogP contribution in [-0.2, 0) is 6.42 Å². The average molecular weight is 266 g/mol. The summed E-state index contributed by atoms with van der Waals surface area (Å²) in [5, 5.41) is 31.2. The molecule has 0 heterocycles. The number of benzene rings is 1. The molecule has 0 radical (unpaired) electrons. The number of hydrogen-bond donors (Lipinski definition) is 1. The van der Waals surface area contributed by atoms with Gasteiger partial charge in [0.25, 0.3) is 11.4 Å². The predicted octanol–water partition coefficient (Wildman–Crippen LogP) is 2.21. The second-order valence-electron chi connectivity index (χ2n) is 4.77. The standard InChI is InChI=1S/C12H14N2O5/c15-12(9-1-2-9)6-4-8-3-5-10(13(16)17)7-11(8)14(18)19/h3,5,7,9,12,15H,1-2,4,6H2. The molecule has 7 nitrogen and oxygen atoms in total. The molecule has 2 rings (SSSR count). The van der Waals surface area contributed by atoms with Gasteiger partial charge in [0.2, 0.25) is 0 Å². The molecular formula is C12H14N2O5. The lowest BCUT2D eigenvalue weighted by Crippen LogP contribution is -2.10. The molecule has 19 heavy (non-hydrogen) atoms. The van der Waals surface area contributed by atoms with Gasteiger partial charge in [0.1, 0.15) is 0 Å². The first kappa shape index (κ1) is 13.4. The summed E-state index contributed by atoms with van der Waals surface area (Å²) in [7, 11) is 0. The van der Waals surface area contributed by atoms with Gasteiger partial charge in [-0.25, -0.2) is 0 Å². The van der Waals surface area contributed by atoms with Gasteiger partial charge in [-0.05, 0) is 37.7 Å². The van der Waals surface area contributed by atoms with Gasteiger partial charge in [0.05, 0.1) is 22.0 Å². The second-order valence-corrected chi connectivity index (χ2v) is 4.77. The summed E-state index contributed by atoms with van der Waals surface area (Å²) < 4.78 is 0. The molecule has 1 N–H and O–H groups in total. The summed E-state index contributed by atoms with van der Waals surface area (Å²) in [6.45, 7) is 0. The fraction of sp³-hybridized carbons (Fsp3) is 0.500. The van der Waals surface area contributed by atoms with Crippen molar-refractivity contribution in [2.75, 3.05) is 0 Å². The quantitative estimate of drug-likeness (QED) is 0.627. The van der Waals surface area contributed by atoms with Crippen LogP contribution in [0.1, 0.15) is 24.8 Å². The Morgan fingerprint density at radius 2 is 1.95 bits per heavy atom. The van der Waals surface area contributed by atoms with Crippen LogP contribution in [0.25, 0.3) is 0 Å². The second kappa shape index (κ2) is 5.31. The maximum Gasteiger partial charge on any atom is 0.279 e. The van der Waals surface area contributed by atoms with Crippen LogP contribution < -0.4 is 0 Å². The molecule has 0 aromatic heterocycles. The Kier molecular flexibility index (Phi) is 3.75. The number of hydrogen-bond acceptors (Lipinski definition) is 5. The molecule has 7 heteroatoms. The van der Waals surface area contributed by atoms with Crippen LogP contribution >= 0.6 is 0 Å². The number of nitro benzene ring substituents is 2. The van der Waals surface area contributed by atoms with Crippen molar-refractivity contribution in [3.63, 3.8) is 0 Å². The lowest BCUT2D eigenvalue weighted by Gasteiger charge is -2.08. The van der Waals surface area contributed by atoms with E-state index in [0.717, 1.165) is 18.9 Å². The van der Waals surface area contributed by atoms with Crippen molar-refractivity contribution in [1.29, 1.82) is 0 Å². The molecule has 1 aromatic rings. The molecule has 1 aliphatic rings. The van der Waals surface area contributed by atoms with Crippen LogP contribution in [0.5, 0.6) is 0 Å². The van der Waals surface area contributed by atoms with E-state index in [-0.39, 0.29) is 11.4 Å². The zero-order valence-electron chi connectivity index (χ0n) is 10.2. The minimum atomic E-state index is -0.657. The summed E-state index contributed by atoms with van der Waals surface area (Å²) in [5.41, 5.74) is -0.120. The van der Waals surface area contributed by atoms with Gasteiger partial charge in [0.15, 0.2) is 0 Å². The van der Waals surface area contributed by atoms with E-state index in [1.54, 1.807) is 0 Å². The Bertz CT molecular complexity index is 513. The molecule has 1 saturated carbocycles. The van der Waals surface area contributed by atoms with E-state index < -0.39 is 16.0 Å². The monoisotopic (exact) mass is 266 g/mol. The van der Waals surface area contributed by atoms with Gasteiger partial charge in [0, 0.05) is 11.6 Å². The van der Waals surface area contributed by atoms with Crippen LogP contribution in [-0.4, -0.2) is 21.1 Å². The Morgan fingerprint density at radius 1 is 1.26 bits per heavy atom. The van der Waals surface area contributed by atoms with E-state index in [1.165, 1.54) is 12.1 Å². The number of aliphatic hydroxyl groups excluding tert-OH is 1. The van der Waals surface area contributed by atoms with Gasteiger partial charge in [-0.3, -0.25) is 20.2 Å². The summed E-state index contributed by atoms with van der Waals surface area (Å²) in [5.74, 6) is 0.317. The molecule has 0 amide bonds. The number of aliphatic hydroxyl groups is 1. The van der Waals surface area contributed by atoms with Crippen LogP contribution in [0, 0.1) is 26.1 Å². The maximum absolute atomic E-state index is 10.9. The number of nitrogens with zero attached hydrogens (tertiary/aromatic N) is 2. The number of nitro groups is 2. The van der Waals surface area contributed by atoms with E-state index in [4.69, 9.17) is 0 Å². The van der Waals surface area contributed by atoms with Crippen molar-refractivity contribution in [1.82, 2.24) is 0 Å². The smallest absolute Gasteiger partial charge is 0.279 e. The highest BCUT2D eigenvalue weighted by molar-refractivity contribution is 5.49. The van der Waals surface area contributed by atoms with Gasteiger partial charge in [-0.15, -0.1) is 0 Å². The zero-order valence-corrected chi connectivity index (χ0v) is 10.2. The van der Waals surface area contributed by atoms with E-state index in [1.807, 2.05) is 0 Å². The number of rotatable bonds is 6. The van der Waals surface area contributed by atoms with Crippen molar-refractivity contribution in [3.8, 4) is 0 Å². The zero-order chi connectivity index (χ0) is 14.0. The Balaban J connectivity index is 2.13. The molecule has 0 spiro atoms. The van der Waals surface area contributed by atoms with Crippen LogP contribution in [0.3, 0.4) is 0 Å². The number of aryl methyl sites for hydroxylation is 1. The van der Waals surface area contributed by atoms with Gasteiger partial charge in [-0.2, -0.15) is 0 Å². The highest BCUT2D eigenvalue weighted by Gasteiger charge is 2.30. The van der Waals surface area contributed by atoms with E-state index in [9.17, 15) is 25.3 Å². The lowest BCUT2D eigenvalue weighted by atomic mass is 10.0. The Morgan fingerprint density at radius 3 is 2.47 bits per heavy atom. The third kappa shape index (κ3) is 3.25. The van der Waals surface area contributed by atoms with E-state index in [0.29, 0.717) is 24.3 Å².